The Labute approximate surface area is 126 Å². The van der Waals surface area contributed by atoms with Crippen LogP contribution in [0.3, 0.4) is 0 Å². The van der Waals surface area contributed by atoms with Gasteiger partial charge in [-0.05, 0) is 26.0 Å². The number of nitrogens with zero attached hydrogens (tertiary/aromatic N) is 3. The zero-order chi connectivity index (χ0) is 14.9. The van der Waals surface area contributed by atoms with Crippen LogP contribution in [0.2, 0.25) is 0 Å². The molecule has 2 aliphatic heterocycles. The normalized spacial score (nSPS) is 29.0. The molecule has 2 aliphatic rings. The topological polar surface area (TPSA) is 39.9 Å². The van der Waals surface area contributed by atoms with E-state index in [4.69, 9.17) is 4.42 Å². The lowest BCUT2D eigenvalue weighted by molar-refractivity contribution is -0.129. The van der Waals surface area contributed by atoms with Crippen LogP contribution in [0.25, 0.3) is 0 Å². The van der Waals surface area contributed by atoms with E-state index in [0.717, 1.165) is 45.6 Å². The van der Waals surface area contributed by atoms with Crippen molar-refractivity contribution in [3.8, 4) is 0 Å². The summed E-state index contributed by atoms with van der Waals surface area (Å²) in [6, 6.07) is 2.04. The fourth-order valence-electron chi connectivity index (χ4n) is 3.62. The Hall–Kier alpha value is -1.33. The molecule has 5 nitrogen and oxygen atoms in total. The number of carbonyl (C=O) groups excluding carboxylic acids is 1. The van der Waals surface area contributed by atoms with Gasteiger partial charge in [0, 0.05) is 57.3 Å². The van der Waals surface area contributed by atoms with E-state index in [0.29, 0.717) is 6.42 Å². The molecular formula is C16H25N3O2. The van der Waals surface area contributed by atoms with Crippen molar-refractivity contribution in [2.75, 3.05) is 40.3 Å². The Bertz CT molecular complexity index is 488. The van der Waals surface area contributed by atoms with Crippen LogP contribution in [0, 0.1) is 0 Å². The number of amides is 1. The van der Waals surface area contributed by atoms with Crippen LogP contribution < -0.4 is 0 Å². The molecule has 0 bridgehead atoms. The van der Waals surface area contributed by atoms with Gasteiger partial charge in [-0.3, -0.25) is 14.6 Å². The molecule has 21 heavy (non-hydrogen) atoms. The number of piperazine rings is 1. The highest BCUT2D eigenvalue weighted by atomic mass is 16.3. The Balaban J connectivity index is 1.71. The molecule has 1 atom stereocenters. The van der Waals surface area contributed by atoms with Crippen molar-refractivity contribution in [2.24, 2.45) is 0 Å². The average Bonchev–Trinajstić information content (AvgIpc) is 2.94. The van der Waals surface area contributed by atoms with Gasteiger partial charge in [0.05, 0.1) is 12.5 Å². The number of carbonyl (C=O) groups is 1. The molecule has 116 valence electrons. The van der Waals surface area contributed by atoms with E-state index in [1.807, 2.05) is 24.3 Å². The standard InChI is InChI=1S/C16H25N3O2/c1-17-7-6-16(5-3-15(17)20)13-19(9-8-18(16)2)11-14-4-10-21-12-14/h4,10,12H,3,5-9,11,13H2,1-2H3. The number of hydrogen-bond acceptors (Lipinski definition) is 4. The average molecular weight is 291 g/mol. The fraction of sp³-hybridized carbons (Fsp3) is 0.688. The summed E-state index contributed by atoms with van der Waals surface area (Å²) >= 11 is 0. The largest absolute Gasteiger partial charge is 0.472 e. The zero-order valence-corrected chi connectivity index (χ0v) is 13.0. The highest BCUT2D eigenvalue weighted by Gasteiger charge is 2.41. The molecule has 3 rings (SSSR count). The van der Waals surface area contributed by atoms with Crippen LogP contribution in [0.15, 0.2) is 23.0 Å². The van der Waals surface area contributed by atoms with Crippen molar-refractivity contribution < 1.29 is 9.21 Å². The molecule has 3 heterocycles. The Kier molecular flexibility index (Phi) is 4.04. The number of likely N-dealkylation sites (N-methyl/N-ethyl adjacent to an activating group) is 1. The molecule has 1 spiro atoms. The lowest BCUT2D eigenvalue weighted by Gasteiger charge is -2.49. The zero-order valence-electron chi connectivity index (χ0n) is 13.0. The predicted molar refractivity (Wildman–Crippen MR) is 80.8 cm³/mol. The second-order valence-electron chi connectivity index (χ2n) is 6.55. The minimum atomic E-state index is 0.141. The number of hydrogen-bond donors (Lipinski definition) is 0. The van der Waals surface area contributed by atoms with Gasteiger partial charge < -0.3 is 9.32 Å². The summed E-state index contributed by atoms with van der Waals surface area (Å²) in [5.41, 5.74) is 1.37. The van der Waals surface area contributed by atoms with E-state index in [2.05, 4.69) is 16.8 Å². The van der Waals surface area contributed by atoms with Gasteiger partial charge in [0.15, 0.2) is 0 Å². The second-order valence-corrected chi connectivity index (χ2v) is 6.55. The Morgan fingerprint density at radius 1 is 1.24 bits per heavy atom. The first-order valence-corrected chi connectivity index (χ1v) is 7.78. The Morgan fingerprint density at radius 3 is 2.86 bits per heavy atom. The highest BCUT2D eigenvalue weighted by Crippen LogP contribution is 2.32. The molecule has 0 radical (unpaired) electrons. The maximum absolute atomic E-state index is 12.0. The summed E-state index contributed by atoms with van der Waals surface area (Å²) in [4.78, 5) is 18.8. The first kappa shape index (κ1) is 14.6. The van der Waals surface area contributed by atoms with Crippen molar-refractivity contribution in [1.82, 2.24) is 14.7 Å². The lowest BCUT2D eigenvalue weighted by atomic mass is 9.86. The molecule has 5 heteroatoms. The molecule has 0 aromatic carbocycles. The summed E-state index contributed by atoms with van der Waals surface area (Å²) in [7, 11) is 4.14. The maximum Gasteiger partial charge on any atom is 0.222 e. The van der Waals surface area contributed by atoms with Crippen LogP contribution in [0.1, 0.15) is 24.8 Å². The van der Waals surface area contributed by atoms with Gasteiger partial charge in [0.25, 0.3) is 0 Å². The number of rotatable bonds is 2. The van der Waals surface area contributed by atoms with Gasteiger partial charge in [-0.1, -0.05) is 0 Å². The third kappa shape index (κ3) is 2.99. The molecule has 0 saturated carbocycles. The minimum absolute atomic E-state index is 0.141. The smallest absolute Gasteiger partial charge is 0.222 e. The highest BCUT2D eigenvalue weighted by molar-refractivity contribution is 5.76. The summed E-state index contributed by atoms with van der Waals surface area (Å²) in [6.07, 6.45) is 6.26. The third-order valence-electron chi connectivity index (χ3n) is 5.21. The van der Waals surface area contributed by atoms with E-state index in [1.165, 1.54) is 5.56 Å². The molecule has 0 aliphatic carbocycles. The van der Waals surface area contributed by atoms with Crippen molar-refractivity contribution in [2.45, 2.75) is 31.3 Å². The maximum atomic E-state index is 12.0. The first-order chi connectivity index (χ1) is 10.1. The summed E-state index contributed by atoms with van der Waals surface area (Å²) < 4.78 is 5.17. The Morgan fingerprint density at radius 2 is 2.10 bits per heavy atom. The minimum Gasteiger partial charge on any atom is -0.472 e. The van der Waals surface area contributed by atoms with E-state index >= 15 is 0 Å². The van der Waals surface area contributed by atoms with Gasteiger partial charge in [0.1, 0.15) is 0 Å². The lowest BCUT2D eigenvalue weighted by Crippen LogP contribution is -2.60. The molecule has 2 fully saturated rings. The second kappa shape index (κ2) is 5.81. The van der Waals surface area contributed by atoms with Crippen molar-refractivity contribution in [3.63, 3.8) is 0 Å². The van der Waals surface area contributed by atoms with Crippen LogP contribution in [0.5, 0.6) is 0 Å². The summed E-state index contributed by atoms with van der Waals surface area (Å²) in [5, 5.41) is 0. The van der Waals surface area contributed by atoms with Crippen molar-refractivity contribution >= 4 is 5.91 Å². The molecule has 1 aromatic rings. The molecule has 2 saturated heterocycles. The monoisotopic (exact) mass is 291 g/mol. The number of furan rings is 1. The van der Waals surface area contributed by atoms with Gasteiger partial charge >= 0.3 is 0 Å². The molecular weight excluding hydrogens is 266 g/mol. The van der Waals surface area contributed by atoms with Crippen LogP contribution in [0.4, 0.5) is 0 Å². The van der Waals surface area contributed by atoms with Gasteiger partial charge in [-0.2, -0.15) is 0 Å². The number of likely N-dealkylation sites (tertiary alicyclic amines) is 1. The SMILES string of the molecule is CN1CCC2(CCC1=O)CN(Cc1ccoc1)CCN2C. The van der Waals surface area contributed by atoms with Crippen LogP contribution in [-0.2, 0) is 11.3 Å². The van der Waals surface area contributed by atoms with E-state index in [1.54, 1.807) is 6.26 Å². The first-order valence-electron chi connectivity index (χ1n) is 7.78. The van der Waals surface area contributed by atoms with Gasteiger partial charge in [0.2, 0.25) is 5.91 Å². The van der Waals surface area contributed by atoms with Crippen molar-refractivity contribution in [3.05, 3.63) is 24.2 Å². The molecule has 0 N–H and O–H groups in total. The fourth-order valence-corrected chi connectivity index (χ4v) is 3.62. The van der Waals surface area contributed by atoms with E-state index in [9.17, 15) is 4.79 Å². The summed E-state index contributed by atoms with van der Waals surface area (Å²) in [5.74, 6) is 0.284. The van der Waals surface area contributed by atoms with Crippen LogP contribution >= 0.6 is 0 Å². The van der Waals surface area contributed by atoms with Gasteiger partial charge in [-0.25, -0.2) is 0 Å². The van der Waals surface area contributed by atoms with Gasteiger partial charge in [-0.15, -0.1) is 0 Å². The molecule has 1 unspecified atom stereocenters. The third-order valence-corrected chi connectivity index (χ3v) is 5.21. The predicted octanol–water partition coefficient (Wildman–Crippen LogP) is 1.41. The quantitative estimate of drug-likeness (QED) is 0.826. The van der Waals surface area contributed by atoms with E-state index in [-0.39, 0.29) is 11.4 Å². The van der Waals surface area contributed by atoms with Crippen LogP contribution in [-0.4, -0.2) is 66.4 Å². The molecule has 1 aromatic heterocycles. The molecule has 1 amide bonds. The van der Waals surface area contributed by atoms with E-state index < -0.39 is 0 Å². The van der Waals surface area contributed by atoms with Crippen molar-refractivity contribution in [1.29, 1.82) is 0 Å². The summed E-state index contributed by atoms with van der Waals surface area (Å²) in [6.45, 7) is 4.98.